The minimum Gasteiger partial charge on any atom is -0.497 e. The molecule has 5 rings (SSSR count). The van der Waals surface area contributed by atoms with Gasteiger partial charge in [-0.05, 0) is 44.2 Å². The van der Waals surface area contributed by atoms with Crippen molar-refractivity contribution >= 4 is 23.2 Å². The Kier molecular flexibility index (Phi) is 8.13. The molecule has 1 aromatic heterocycles. The van der Waals surface area contributed by atoms with E-state index in [9.17, 15) is 4.79 Å². The van der Waals surface area contributed by atoms with Gasteiger partial charge in [0.1, 0.15) is 17.6 Å². The van der Waals surface area contributed by atoms with Crippen molar-refractivity contribution in [1.82, 2.24) is 20.1 Å². The van der Waals surface area contributed by atoms with Crippen LogP contribution in [0.2, 0.25) is 5.02 Å². The van der Waals surface area contributed by atoms with Gasteiger partial charge in [-0.1, -0.05) is 60.1 Å². The highest BCUT2D eigenvalue weighted by Gasteiger charge is 2.29. The predicted octanol–water partition coefficient (Wildman–Crippen LogP) is 5.34. The smallest absolute Gasteiger partial charge is 0.222 e. The number of hydrogen-bond donors (Lipinski definition) is 1. The van der Waals surface area contributed by atoms with Gasteiger partial charge >= 0.3 is 0 Å². The van der Waals surface area contributed by atoms with E-state index in [1.165, 1.54) is 0 Å². The fourth-order valence-corrected chi connectivity index (χ4v) is 4.13. The van der Waals surface area contributed by atoms with Crippen molar-refractivity contribution in [1.29, 1.82) is 0 Å². The van der Waals surface area contributed by atoms with Gasteiger partial charge in [0.15, 0.2) is 5.82 Å². The Bertz CT molecular complexity index is 1320. The van der Waals surface area contributed by atoms with Gasteiger partial charge in [-0.15, -0.1) is 10.2 Å². The molecule has 1 atom stereocenters. The van der Waals surface area contributed by atoms with E-state index in [-0.39, 0.29) is 12.3 Å². The number of rotatable bonds is 5. The Morgan fingerprint density at radius 1 is 1.03 bits per heavy atom. The summed E-state index contributed by atoms with van der Waals surface area (Å²) in [7, 11) is 1.63. The summed E-state index contributed by atoms with van der Waals surface area (Å²) in [5, 5.41) is 12.1. The zero-order chi connectivity index (χ0) is 25.5. The fraction of sp³-hybridized carbons (Fsp3) is 0.214. The zero-order valence-electron chi connectivity index (χ0n) is 20.5. The third kappa shape index (κ3) is 5.63. The lowest BCUT2D eigenvalue weighted by atomic mass is 10.00. The molecule has 0 bridgehead atoms. The number of halogens is 1. The molecule has 1 amide bonds. The van der Waals surface area contributed by atoms with Crippen molar-refractivity contribution in [2.75, 3.05) is 13.7 Å². The summed E-state index contributed by atoms with van der Waals surface area (Å²) in [6, 6.07) is 24.8. The highest BCUT2D eigenvalue weighted by Crippen LogP contribution is 2.34. The first kappa shape index (κ1) is 25.1. The maximum atomic E-state index is 12.4. The second kappa shape index (κ2) is 11.6. The third-order valence-electron chi connectivity index (χ3n) is 5.67. The number of aromatic nitrogens is 3. The van der Waals surface area contributed by atoms with Crippen LogP contribution in [0.15, 0.2) is 83.9 Å². The van der Waals surface area contributed by atoms with Gasteiger partial charge in [0, 0.05) is 22.7 Å². The van der Waals surface area contributed by atoms with Gasteiger partial charge < -0.3 is 10.1 Å². The zero-order valence-corrected chi connectivity index (χ0v) is 21.2. The van der Waals surface area contributed by atoms with E-state index in [0.717, 1.165) is 28.4 Å². The second-order valence-corrected chi connectivity index (χ2v) is 8.57. The minimum atomic E-state index is -0.484. The quantitative estimate of drug-likeness (QED) is 0.400. The summed E-state index contributed by atoms with van der Waals surface area (Å²) in [5.74, 6) is 1.99. The molecular weight excluding hydrogens is 474 g/mol. The summed E-state index contributed by atoms with van der Waals surface area (Å²) in [6.07, 6.45) is 0.175. The molecule has 2 heterocycles. The lowest BCUT2D eigenvalue weighted by molar-refractivity contribution is -0.121. The number of fused-ring (bicyclic) bond motifs is 3. The minimum absolute atomic E-state index is 0.0857. The van der Waals surface area contributed by atoms with Crippen molar-refractivity contribution in [3.63, 3.8) is 0 Å². The molecule has 8 heteroatoms. The Labute approximate surface area is 215 Å². The number of nitrogens with zero attached hydrogens (tertiary/aromatic N) is 4. The molecule has 36 heavy (non-hydrogen) atoms. The Morgan fingerprint density at radius 3 is 2.31 bits per heavy atom. The normalized spacial score (nSPS) is 13.8. The number of aliphatic imine (C=N–C) groups is 1. The molecule has 0 saturated carbocycles. The fourth-order valence-electron chi connectivity index (χ4n) is 4.01. The van der Waals surface area contributed by atoms with Crippen molar-refractivity contribution in [3.05, 3.63) is 107 Å². The summed E-state index contributed by atoms with van der Waals surface area (Å²) in [5.41, 5.74) is 3.41. The topological polar surface area (TPSA) is 81.4 Å². The van der Waals surface area contributed by atoms with E-state index >= 15 is 0 Å². The highest BCUT2D eigenvalue weighted by molar-refractivity contribution is 6.30. The van der Waals surface area contributed by atoms with Crippen LogP contribution in [-0.2, 0) is 4.79 Å². The molecule has 1 aliphatic rings. The van der Waals surface area contributed by atoms with Crippen LogP contribution in [0, 0.1) is 6.92 Å². The van der Waals surface area contributed by atoms with E-state index in [1.807, 2.05) is 97.3 Å². The van der Waals surface area contributed by atoms with E-state index in [1.54, 1.807) is 7.11 Å². The summed E-state index contributed by atoms with van der Waals surface area (Å²) < 4.78 is 7.43. The first-order valence-corrected chi connectivity index (χ1v) is 12.1. The summed E-state index contributed by atoms with van der Waals surface area (Å²) in [6.45, 7) is 4.34. The second-order valence-electron chi connectivity index (χ2n) is 8.14. The molecule has 4 aromatic rings. The molecule has 1 aliphatic heterocycles. The lowest BCUT2D eigenvalue weighted by Crippen LogP contribution is -2.25. The molecule has 1 N–H and O–H groups in total. The number of ether oxygens (including phenoxy) is 1. The standard InChI is InChI=1S/C22H22ClN5O2.C6H6/c1-4-24-20(29)12-18-22-27-26-13(2)28(22)19-10-9-16(30-3)11-17(19)21(25-18)14-5-7-15(23)8-6-14;1-2-4-6-5-3-1/h5-11,18H,4,12H2,1-3H3,(H,24,29);1-6H/t18-;/m0./s1. The van der Waals surface area contributed by atoms with Crippen LogP contribution < -0.4 is 10.1 Å². The average molecular weight is 502 g/mol. The number of benzene rings is 3. The first-order valence-electron chi connectivity index (χ1n) is 11.7. The van der Waals surface area contributed by atoms with Crippen LogP contribution in [0.25, 0.3) is 5.69 Å². The molecule has 0 aliphatic carbocycles. The Hall–Kier alpha value is -3.97. The summed E-state index contributed by atoms with van der Waals surface area (Å²) >= 11 is 6.10. The number of hydrogen-bond acceptors (Lipinski definition) is 5. The van der Waals surface area contributed by atoms with Crippen LogP contribution in [0.3, 0.4) is 0 Å². The number of methoxy groups -OCH3 is 1. The van der Waals surface area contributed by atoms with E-state index in [0.29, 0.717) is 23.1 Å². The van der Waals surface area contributed by atoms with Gasteiger partial charge in [0.25, 0.3) is 0 Å². The van der Waals surface area contributed by atoms with Crippen LogP contribution in [0.1, 0.15) is 42.2 Å². The van der Waals surface area contributed by atoms with Gasteiger partial charge in [0.2, 0.25) is 5.91 Å². The van der Waals surface area contributed by atoms with E-state index < -0.39 is 6.04 Å². The average Bonchev–Trinajstić information content (AvgIpc) is 3.23. The predicted molar refractivity (Wildman–Crippen MR) is 142 cm³/mol. The van der Waals surface area contributed by atoms with Gasteiger partial charge in [-0.25, -0.2) is 0 Å². The molecule has 0 unspecified atom stereocenters. The molecular formula is C28H28ClN5O2. The molecule has 0 radical (unpaired) electrons. The molecule has 0 saturated heterocycles. The molecule has 3 aromatic carbocycles. The maximum absolute atomic E-state index is 12.4. The lowest BCUT2D eigenvalue weighted by Gasteiger charge is -2.14. The van der Waals surface area contributed by atoms with E-state index in [2.05, 4.69) is 15.5 Å². The first-order chi connectivity index (χ1) is 17.5. The van der Waals surface area contributed by atoms with Crippen LogP contribution in [0.4, 0.5) is 0 Å². The molecule has 7 nitrogen and oxygen atoms in total. The molecule has 184 valence electrons. The van der Waals surface area contributed by atoms with Gasteiger partial charge in [-0.2, -0.15) is 0 Å². The van der Waals surface area contributed by atoms with Gasteiger partial charge in [0.05, 0.1) is 24.9 Å². The van der Waals surface area contributed by atoms with Crippen LogP contribution in [0.5, 0.6) is 5.75 Å². The van der Waals surface area contributed by atoms with Gasteiger partial charge in [-0.3, -0.25) is 14.4 Å². The third-order valence-corrected chi connectivity index (χ3v) is 5.92. The monoisotopic (exact) mass is 501 g/mol. The SMILES string of the molecule is CCNC(=O)C[C@@H]1N=C(c2ccc(Cl)cc2)c2cc(OC)ccc2-n2c(C)nnc21.c1ccccc1. The summed E-state index contributed by atoms with van der Waals surface area (Å²) in [4.78, 5) is 17.4. The van der Waals surface area contributed by atoms with Crippen molar-refractivity contribution in [2.45, 2.75) is 26.3 Å². The number of amides is 1. The number of aryl methyl sites for hydroxylation is 1. The Balaban J connectivity index is 0.000000445. The maximum Gasteiger partial charge on any atom is 0.222 e. The van der Waals surface area contributed by atoms with Crippen LogP contribution >= 0.6 is 11.6 Å². The largest absolute Gasteiger partial charge is 0.497 e. The molecule has 0 spiro atoms. The van der Waals surface area contributed by atoms with Crippen molar-refractivity contribution in [2.24, 2.45) is 4.99 Å². The molecule has 0 fully saturated rings. The van der Waals surface area contributed by atoms with Crippen LogP contribution in [-0.4, -0.2) is 40.0 Å². The van der Waals surface area contributed by atoms with Crippen molar-refractivity contribution in [3.8, 4) is 11.4 Å². The van der Waals surface area contributed by atoms with E-state index in [4.69, 9.17) is 21.3 Å². The number of carbonyl (C=O) groups is 1. The number of carbonyl (C=O) groups excluding carboxylic acids is 1. The van der Waals surface area contributed by atoms with Crippen molar-refractivity contribution < 1.29 is 9.53 Å². The Morgan fingerprint density at radius 2 is 1.69 bits per heavy atom. The number of nitrogens with one attached hydrogen (secondary N) is 1. The highest BCUT2D eigenvalue weighted by atomic mass is 35.5.